The van der Waals surface area contributed by atoms with Crippen molar-refractivity contribution in [2.24, 2.45) is 0 Å². The molecule has 0 amide bonds. The average molecular weight is 430 g/mol. The number of alkyl halides is 2. The van der Waals surface area contributed by atoms with Crippen LogP contribution in [0.2, 0.25) is 0 Å². The zero-order valence-corrected chi connectivity index (χ0v) is 15.8. The summed E-state index contributed by atoms with van der Waals surface area (Å²) in [5.41, 5.74) is 2.10. The van der Waals surface area contributed by atoms with Gasteiger partial charge in [-0.1, -0.05) is 40.2 Å². The maximum Gasteiger partial charge on any atom is 0.341 e. The third kappa shape index (κ3) is 4.65. The van der Waals surface area contributed by atoms with Crippen LogP contribution in [0.5, 0.6) is 0 Å². The molecule has 2 aromatic carbocycles. The fourth-order valence-electron chi connectivity index (χ4n) is 2.75. The van der Waals surface area contributed by atoms with Gasteiger partial charge in [-0.05, 0) is 48.2 Å². The van der Waals surface area contributed by atoms with Gasteiger partial charge in [0.25, 0.3) is 0 Å². The number of hydrogen-bond acceptors (Lipinski definition) is 3. The van der Waals surface area contributed by atoms with Gasteiger partial charge in [0.05, 0.1) is 4.90 Å². The van der Waals surface area contributed by atoms with Gasteiger partial charge in [-0.25, -0.2) is 8.42 Å². The number of hydrogen-bond donors (Lipinski definition) is 0. The number of halogens is 3. The molecule has 0 N–H and O–H groups in total. The van der Waals surface area contributed by atoms with Crippen LogP contribution in [0.3, 0.4) is 0 Å². The summed E-state index contributed by atoms with van der Waals surface area (Å²) >= 11 is 3.47. The largest absolute Gasteiger partial charge is 0.341 e. The van der Waals surface area contributed by atoms with E-state index in [-0.39, 0.29) is 4.90 Å². The third-order valence-electron chi connectivity index (χ3n) is 4.21. The van der Waals surface area contributed by atoms with Gasteiger partial charge in [0.15, 0.2) is 0 Å². The van der Waals surface area contributed by atoms with E-state index in [4.69, 9.17) is 0 Å². The molecule has 0 spiro atoms. The standard InChI is InChI=1S/C18H18BrF2NO2S/c19-15-3-1-2-14(10-15)12-22(16-6-7-16)11-13-4-8-17(9-5-13)25(23,24)18(20)21/h1-5,8-10,16,18H,6-7,11-12H2. The summed E-state index contributed by atoms with van der Waals surface area (Å²) in [6, 6.07) is 14.4. The van der Waals surface area contributed by atoms with Gasteiger partial charge >= 0.3 is 5.76 Å². The smallest absolute Gasteiger partial charge is 0.292 e. The van der Waals surface area contributed by atoms with Crippen molar-refractivity contribution in [2.45, 2.75) is 42.6 Å². The van der Waals surface area contributed by atoms with E-state index in [9.17, 15) is 17.2 Å². The molecule has 0 radical (unpaired) electrons. The zero-order chi connectivity index (χ0) is 18.0. The van der Waals surface area contributed by atoms with E-state index >= 15 is 0 Å². The SMILES string of the molecule is O=S(=O)(c1ccc(CN(Cc2cccc(Br)c2)C2CC2)cc1)C(F)F. The maximum atomic E-state index is 12.6. The first-order chi connectivity index (χ1) is 11.9. The molecule has 0 aromatic heterocycles. The predicted molar refractivity (Wildman–Crippen MR) is 96.0 cm³/mol. The Balaban J connectivity index is 1.73. The van der Waals surface area contributed by atoms with Gasteiger partial charge in [-0.15, -0.1) is 0 Å². The monoisotopic (exact) mass is 429 g/mol. The fourth-order valence-corrected chi connectivity index (χ4v) is 3.91. The Kier molecular flexibility index (Phi) is 5.55. The lowest BCUT2D eigenvalue weighted by Crippen LogP contribution is -2.25. The lowest BCUT2D eigenvalue weighted by molar-refractivity contribution is 0.234. The van der Waals surface area contributed by atoms with Crippen molar-refractivity contribution in [3.05, 3.63) is 64.1 Å². The van der Waals surface area contributed by atoms with Crippen molar-refractivity contribution in [2.75, 3.05) is 0 Å². The van der Waals surface area contributed by atoms with Crippen LogP contribution < -0.4 is 0 Å². The molecular formula is C18H18BrF2NO2S. The van der Waals surface area contributed by atoms with E-state index in [0.717, 1.165) is 29.4 Å². The van der Waals surface area contributed by atoms with Crippen LogP contribution in [0.4, 0.5) is 8.78 Å². The van der Waals surface area contributed by atoms with Crippen LogP contribution in [0.15, 0.2) is 57.9 Å². The van der Waals surface area contributed by atoms with Crippen molar-refractivity contribution in [3.8, 4) is 0 Å². The Morgan fingerprint density at radius 3 is 2.24 bits per heavy atom. The summed E-state index contributed by atoms with van der Waals surface area (Å²) in [6.07, 6.45) is 2.29. The van der Waals surface area contributed by atoms with Crippen LogP contribution in [0, 0.1) is 0 Å². The molecule has 1 aliphatic carbocycles. The van der Waals surface area contributed by atoms with Gasteiger partial charge in [-0.3, -0.25) is 4.90 Å². The highest BCUT2D eigenvalue weighted by molar-refractivity contribution is 9.10. The number of rotatable bonds is 7. The first kappa shape index (κ1) is 18.5. The highest BCUT2D eigenvalue weighted by atomic mass is 79.9. The van der Waals surface area contributed by atoms with Crippen LogP contribution in [-0.2, 0) is 22.9 Å². The Labute approximate surface area is 154 Å². The fraction of sp³-hybridized carbons (Fsp3) is 0.333. The molecule has 1 saturated carbocycles. The van der Waals surface area contributed by atoms with Gasteiger partial charge in [0, 0.05) is 23.6 Å². The van der Waals surface area contributed by atoms with Gasteiger partial charge in [0.2, 0.25) is 9.84 Å². The van der Waals surface area contributed by atoms with Crippen LogP contribution in [0.1, 0.15) is 24.0 Å². The molecule has 0 aliphatic heterocycles. The first-order valence-corrected chi connectivity index (χ1v) is 10.3. The summed E-state index contributed by atoms with van der Waals surface area (Å²) < 4.78 is 49.2. The summed E-state index contributed by atoms with van der Waals surface area (Å²) in [5.74, 6) is -3.39. The topological polar surface area (TPSA) is 37.4 Å². The highest BCUT2D eigenvalue weighted by Crippen LogP contribution is 2.30. The Morgan fingerprint density at radius 1 is 1.04 bits per heavy atom. The highest BCUT2D eigenvalue weighted by Gasteiger charge is 2.29. The second-order valence-electron chi connectivity index (χ2n) is 6.22. The molecule has 134 valence electrons. The van der Waals surface area contributed by atoms with Crippen molar-refractivity contribution in [1.82, 2.24) is 4.90 Å². The number of benzene rings is 2. The zero-order valence-electron chi connectivity index (χ0n) is 13.4. The molecule has 7 heteroatoms. The second-order valence-corrected chi connectivity index (χ2v) is 9.05. The lowest BCUT2D eigenvalue weighted by atomic mass is 10.1. The minimum atomic E-state index is -4.53. The van der Waals surface area contributed by atoms with E-state index < -0.39 is 15.6 Å². The molecule has 0 saturated heterocycles. The molecule has 0 atom stereocenters. The molecule has 1 aliphatic rings. The third-order valence-corrected chi connectivity index (χ3v) is 6.10. The molecule has 25 heavy (non-hydrogen) atoms. The van der Waals surface area contributed by atoms with E-state index in [1.165, 1.54) is 17.7 Å². The Bertz CT molecular complexity index is 836. The van der Waals surface area contributed by atoms with Gasteiger partial charge < -0.3 is 0 Å². The molecule has 3 nitrogen and oxygen atoms in total. The minimum Gasteiger partial charge on any atom is -0.292 e. The molecular weight excluding hydrogens is 412 g/mol. The van der Waals surface area contributed by atoms with E-state index in [1.54, 1.807) is 12.1 Å². The molecule has 0 unspecified atom stereocenters. The molecule has 1 fully saturated rings. The molecule has 3 rings (SSSR count). The predicted octanol–water partition coefficient (Wildman–Crippen LogP) is 4.61. The lowest BCUT2D eigenvalue weighted by Gasteiger charge is -2.22. The van der Waals surface area contributed by atoms with Crippen molar-refractivity contribution in [1.29, 1.82) is 0 Å². The first-order valence-electron chi connectivity index (χ1n) is 7.96. The number of sulfone groups is 1. The van der Waals surface area contributed by atoms with Gasteiger partial charge in [0.1, 0.15) is 0 Å². The van der Waals surface area contributed by atoms with Crippen molar-refractivity contribution >= 4 is 25.8 Å². The summed E-state index contributed by atoms with van der Waals surface area (Å²) in [4.78, 5) is 1.99. The van der Waals surface area contributed by atoms with Crippen molar-refractivity contribution < 1.29 is 17.2 Å². The quantitative estimate of drug-likeness (QED) is 0.644. The average Bonchev–Trinajstić information content (AvgIpc) is 3.39. The summed E-state index contributed by atoms with van der Waals surface area (Å²) in [6.45, 7) is 1.45. The van der Waals surface area contributed by atoms with Gasteiger partial charge in [-0.2, -0.15) is 8.78 Å². The summed E-state index contributed by atoms with van der Waals surface area (Å²) in [5, 5.41) is 0. The van der Waals surface area contributed by atoms with Crippen molar-refractivity contribution in [3.63, 3.8) is 0 Å². The number of nitrogens with zero attached hydrogens (tertiary/aromatic N) is 1. The van der Waals surface area contributed by atoms with E-state index in [2.05, 4.69) is 33.0 Å². The van der Waals surface area contributed by atoms with Crippen LogP contribution in [0.25, 0.3) is 0 Å². The molecule has 2 aromatic rings. The normalized spacial score (nSPS) is 15.1. The molecule has 0 heterocycles. The molecule has 0 bridgehead atoms. The van der Waals surface area contributed by atoms with E-state index in [0.29, 0.717) is 12.6 Å². The van der Waals surface area contributed by atoms with Crippen LogP contribution in [-0.4, -0.2) is 25.1 Å². The Hall–Kier alpha value is -1.31. The second kappa shape index (κ2) is 7.51. The summed E-state index contributed by atoms with van der Waals surface area (Å²) in [7, 11) is -4.53. The minimum absolute atomic E-state index is 0.337. The van der Waals surface area contributed by atoms with Crippen LogP contribution >= 0.6 is 15.9 Å². The Morgan fingerprint density at radius 2 is 1.68 bits per heavy atom. The maximum absolute atomic E-state index is 12.6. The van der Waals surface area contributed by atoms with E-state index in [1.807, 2.05) is 12.1 Å².